The number of carbonyl (C=O) groups is 3. The zero-order valence-electron chi connectivity index (χ0n) is 15.2. The molecule has 0 heterocycles. The summed E-state index contributed by atoms with van der Waals surface area (Å²) >= 11 is 0. The Bertz CT molecular complexity index is 888. The minimum atomic E-state index is -1.20. The summed E-state index contributed by atoms with van der Waals surface area (Å²) in [5.41, 5.74) is 0.264. The Labute approximate surface area is 159 Å². The van der Waals surface area contributed by atoms with Crippen molar-refractivity contribution in [3.63, 3.8) is 0 Å². The molecule has 0 bridgehead atoms. The van der Waals surface area contributed by atoms with Crippen molar-refractivity contribution in [2.75, 3.05) is 32.6 Å². The molecule has 28 heavy (non-hydrogen) atoms. The first kappa shape index (κ1) is 20.8. The normalized spacial score (nSPS) is 10.1. The molecule has 9 heteroatoms. The number of halogens is 2. The van der Waals surface area contributed by atoms with Crippen LogP contribution in [0.15, 0.2) is 42.5 Å². The summed E-state index contributed by atoms with van der Waals surface area (Å²) in [4.78, 5) is 36.9. The Morgan fingerprint density at radius 1 is 1.07 bits per heavy atom. The average Bonchev–Trinajstić information content (AvgIpc) is 2.67. The summed E-state index contributed by atoms with van der Waals surface area (Å²) in [6.07, 6.45) is 0. The van der Waals surface area contributed by atoms with E-state index in [-0.39, 0.29) is 12.1 Å². The number of nitrogens with one attached hydrogen (secondary N) is 1. The summed E-state index contributed by atoms with van der Waals surface area (Å²) in [5.74, 6) is -3.83. The molecule has 0 radical (unpaired) electrons. The second kappa shape index (κ2) is 9.45. The maximum atomic E-state index is 13.1. The van der Waals surface area contributed by atoms with Gasteiger partial charge in [-0.15, -0.1) is 0 Å². The predicted octanol–water partition coefficient (Wildman–Crippen LogP) is 2.23. The van der Waals surface area contributed by atoms with Crippen LogP contribution in [0.4, 0.5) is 14.5 Å². The van der Waals surface area contributed by atoms with Gasteiger partial charge in [0, 0.05) is 18.8 Å². The van der Waals surface area contributed by atoms with E-state index in [9.17, 15) is 23.2 Å². The summed E-state index contributed by atoms with van der Waals surface area (Å²) in [5, 5.41) is 2.61. The molecule has 0 aliphatic carbocycles. The lowest BCUT2D eigenvalue weighted by atomic mass is 10.2. The Kier molecular flexibility index (Phi) is 7.02. The molecule has 2 rings (SSSR count). The fourth-order valence-corrected chi connectivity index (χ4v) is 2.15. The Hall–Kier alpha value is -3.49. The summed E-state index contributed by atoms with van der Waals surface area (Å²) < 4.78 is 35.8. The van der Waals surface area contributed by atoms with Gasteiger partial charge in [-0.2, -0.15) is 0 Å². The van der Waals surface area contributed by atoms with Gasteiger partial charge in [-0.3, -0.25) is 9.59 Å². The first-order valence-electron chi connectivity index (χ1n) is 8.10. The molecule has 0 aromatic heterocycles. The molecular weight excluding hydrogens is 374 g/mol. The minimum Gasteiger partial charge on any atom is -0.497 e. The zero-order chi connectivity index (χ0) is 20.7. The highest BCUT2D eigenvalue weighted by Crippen LogP contribution is 2.16. The molecule has 0 saturated heterocycles. The molecule has 2 aromatic carbocycles. The van der Waals surface area contributed by atoms with Crippen LogP contribution in [0.2, 0.25) is 0 Å². The molecule has 7 nitrogen and oxygen atoms in total. The van der Waals surface area contributed by atoms with Gasteiger partial charge in [0.05, 0.1) is 19.2 Å². The lowest BCUT2D eigenvalue weighted by molar-refractivity contribution is -0.136. The first-order valence-corrected chi connectivity index (χ1v) is 8.10. The molecular formula is C19H18F2N2O5. The minimum absolute atomic E-state index is 0.231. The average molecular weight is 392 g/mol. The molecule has 0 unspecified atom stereocenters. The molecule has 0 spiro atoms. The van der Waals surface area contributed by atoms with Gasteiger partial charge in [0.25, 0.3) is 5.91 Å². The second-order valence-corrected chi connectivity index (χ2v) is 5.73. The monoisotopic (exact) mass is 392 g/mol. The van der Waals surface area contributed by atoms with Crippen molar-refractivity contribution in [3.05, 3.63) is 59.7 Å². The third kappa shape index (κ3) is 5.76. The molecule has 1 N–H and O–H groups in total. The zero-order valence-corrected chi connectivity index (χ0v) is 15.2. The number of benzene rings is 2. The topological polar surface area (TPSA) is 84.9 Å². The fourth-order valence-electron chi connectivity index (χ4n) is 2.15. The van der Waals surface area contributed by atoms with Crippen LogP contribution in [0.25, 0.3) is 0 Å². The number of rotatable bonds is 7. The maximum absolute atomic E-state index is 13.1. The fraction of sp³-hybridized carbons (Fsp3) is 0.211. The molecule has 2 amide bonds. The first-order chi connectivity index (χ1) is 13.3. The van der Waals surface area contributed by atoms with Crippen molar-refractivity contribution >= 4 is 23.5 Å². The van der Waals surface area contributed by atoms with E-state index in [1.165, 1.54) is 14.2 Å². The van der Waals surface area contributed by atoms with E-state index in [1.807, 2.05) is 0 Å². The lowest BCUT2D eigenvalue weighted by Crippen LogP contribution is -2.37. The Morgan fingerprint density at radius 2 is 1.82 bits per heavy atom. The van der Waals surface area contributed by atoms with Crippen molar-refractivity contribution in [1.82, 2.24) is 4.90 Å². The summed E-state index contributed by atoms with van der Waals surface area (Å²) in [6, 6.07) is 9.18. The van der Waals surface area contributed by atoms with Crippen molar-refractivity contribution in [2.24, 2.45) is 0 Å². The van der Waals surface area contributed by atoms with E-state index in [1.54, 1.807) is 24.3 Å². The number of hydrogen-bond acceptors (Lipinski definition) is 5. The number of esters is 1. The number of nitrogens with zero attached hydrogens (tertiary/aromatic N) is 1. The predicted molar refractivity (Wildman–Crippen MR) is 95.9 cm³/mol. The van der Waals surface area contributed by atoms with Gasteiger partial charge < -0.3 is 19.7 Å². The smallest absolute Gasteiger partial charge is 0.338 e. The molecule has 0 aliphatic heterocycles. The van der Waals surface area contributed by atoms with E-state index in [0.29, 0.717) is 17.5 Å². The molecule has 2 aromatic rings. The number of anilines is 1. The van der Waals surface area contributed by atoms with Gasteiger partial charge >= 0.3 is 5.97 Å². The Balaban J connectivity index is 1.83. The quantitative estimate of drug-likeness (QED) is 0.731. The number of likely N-dealkylation sites (N-methyl/N-ethyl adjacent to an activating group) is 1. The number of carbonyl (C=O) groups excluding carboxylic acids is 3. The second-order valence-electron chi connectivity index (χ2n) is 5.73. The number of ether oxygens (including phenoxy) is 2. The molecule has 0 aliphatic rings. The number of hydrogen-bond donors (Lipinski definition) is 1. The van der Waals surface area contributed by atoms with Gasteiger partial charge in [-0.05, 0) is 30.3 Å². The van der Waals surface area contributed by atoms with Crippen molar-refractivity contribution in [1.29, 1.82) is 0 Å². The van der Waals surface area contributed by atoms with Gasteiger partial charge in [-0.25, -0.2) is 13.6 Å². The highest BCUT2D eigenvalue weighted by molar-refractivity contribution is 5.95. The van der Waals surface area contributed by atoms with Crippen LogP contribution in [0.3, 0.4) is 0 Å². The van der Waals surface area contributed by atoms with Crippen molar-refractivity contribution < 1.29 is 32.6 Å². The molecule has 148 valence electrons. The van der Waals surface area contributed by atoms with Crippen LogP contribution in [0.5, 0.6) is 5.75 Å². The largest absolute Gasteiger partial charge is 0.497 e. The highest BCUT2D eigenvalue weighted by atomic mass is 19.2. The summed E-state index contributed by atoms with van der Waals surface area (Å²) in [6.45, 7) is -0.931. The van der Waals surface area contributed by atoms with Crippen molar-refractivity contribution in [2.45, 2.75) is 0 Å². The van der Waals surface area contributed by atoms with Crippen LogP contribution in [-0.4, -0.2) is 50.0 Å². The lowest BCUT2D eigenvalue weighted by Gasteiger charge is -2.17. The highest BCUT2D eigenvalue weighted by Gasteiger charge is 2.17. The van der Waals surface area contributed by atoms with E-state index in [2.05, 4.69) is 5.32 Å². The van der Waals surface area contributed by atoms with Gasteiger partial charge in [0.2, 0.25) is 5.91 Å². The van der Waals surface area contributed by atoms with Crippen LogP contribution in [0.1, 0.15) is 10.4 Å². The maximum Gasteiger partial charge on any atom is 0.338 e. The standard InChI is InChI=1S/C19H18F2N2O5/c1-23(10-17(24)22-13-4-3-5-14(9-13)27-2)18(25)11-28-19(26)12-6-7-15(20)16(21)8-12/h3-9H,10-11H2,1-2H3,(H,22,24). The van der Waals surface area contributed by atoms with E-state index < -0.39 is 36.0 Å². The van der Waals surface area contributed by atoms with Crippen LogP contribution in [-0.2, 0) is 14.3 Å². The van der Waals surface area contributed by atoms with Crippen LogP contribution in [0, 0.1) is 11.6 Å². The Morgan fingerprint density at radius 3 is 2.50 bits per heavy atom. The van der Waals surface area contributed by atoms with Crippen molar-refractivity contribution in [3.8, 4) is 5.75 Å². The van der Waals surface area contributed by atoms with E-state index >= 15 is 0 Å². The van der Waals surface area contributed by atoms with Gasteiger partial charge in [0.15, 0.2) is 18.2 Å². The van der Waals surface area contributed by atoms with Crippen LogP contribution < -0.4 is 10.1 Å². The van der Waals surface area contributed by atoms with Crippen LogP contribution >= 0.6 is 0 Å². The number of methoxy groups -OCH3 is 1. The number of amides is 2. The third-order valence-electron chi connectivity index (χ3n) is 3.64. The molecule has 0 atom stereocenters. The third-order valence-corrected chi connectivity index (χ3v) is 3.64. The van der Waals surface area contributed by atoms with E-state index in [0.717, 1.165) is 17.0 Å². The molecule has 0 fully saturated rings. The SMILES string of the molecule is COc1cccc(NC(=O)CN(C)C(=O)COC(=O)c2ccc(F)c(F)c2)c1. The van der Waals surface area contributed by atoms with Gasteiger partial charge in [0.1, 0.15) is 5.75 Å². The van der Waals surface area contributed by atoms with Gasteiger partial charge in [-0.1, -0.05) is 6.07 Å². The summed E-state index contributed by atoms with van der Waals surface area (Å²) in [7, 11) is 2.86. The molecule has 0 saturated carbocycles. The van der Waals surface area contributed by atoms with E-state index in [4.69, 9.17) is 9.47 Å².